The molecule has 0 fully saturated rings. The van der Waals surface area contributed by atoms with Crippen molar-refractivity contribution in [2.24, 2.45) is 0 Å². The Morgan fingerprint density at radius 1 is 0.304 bits per heavy atom. The van der Waals surface area contributed by atoms with Gasteiger partial charge >= 0.3 is 0 Å². The van der Waals surface area contributed by atoms with Crippen molar-refractivity contribution < 1.29 is 0 Å². The van der Waals surface area contributed by atoms with Gasteiger partial charge in [0.1, 0.15) is 0 Å². The number of nitrogens with zero attached hydrogens (tertiary/aromatic N) is 2. The van der Waals surface area contributed by atoms with E-state index in [0.29, 0.717) is 0 Å². The molecule has 2 nitrogen and oxygen atoms in total. The van der Waals surface area contributed by atoms with Crippen molar-refractivity contribution in [1.29, 1.82) is 0 Å². The number of rotatable bonds is 8. The first-order chi connectivity index (χ1) is 27.7. The average molecular weight is 717 g/mol. The zero-order valence-corrected chi connectivity index (χ0v) is 31.1. The van der Waals surface area contributed by atoms with E-state index in [4.69, 9.17) is 0 Å². The van der Waals surface area contributed by atoms with Crippen LogP contribution >= 0.6 is 0 Å². The SMILES string of the molecule is C(=Cc1ccc(N(c2ccc3ccccc3c2)c2ccc3ccccc3c2)cc1)C1=CC=C(N(c2ccc3ccccc3c2)c2ccc3ccccc3c2)CC1. The first-order valence-electron chi connectivity index (χ1n) is 19.5. The van der Waals surface area contributed by atoms with Crippen molar-refractivity contribution in [3.8, 4) is 0 Å². The van der Waals surface area contributed by atoms with E-state index < -0.39 is 0 Å². The highest BCUT2D eigenvalue weighted by Gasteiger charge is 2.18. The topological polar surface area (TPSA) is 6.48 Å². The van der Waals surface area contributed by atoms with Gasteiger partial charge in [0.25, 0.3) is 0 Å². The highest BCUT2D eigenvalue weighted by molar-refractivity contribution is 5.93. The maximum absolute atomic E-state index is 2.44. The van der Waals surface area contributed by atoms with Crippen molar-refractivity contribution in [2.75, 3.05) is 9.80 Å². The molecule has 266 valence electrons. The second-order valence-corrected chi connectivity index (χ2v) is 14.6. The third-order valence-corrected chi connectivity index (χ3v) is 11.1. The highest BCUT2D eigenvalue weighted by atomic mass is 15.2. The van der Waals surface area contributed by atoms with Gasteiger partial charge in [-0.3, -0.25) is 0 Å². The summed E-state index contributed by atoms with van der Waals surface area (Å²) in [6.45, 7) is 0. The fourth-order valence-corrected chi connectivity index (χ4v) is 8.10. The van der Waals surface area contributed by atoms with Gasteiger partial charge in [-0.1, -0.05) is 152 Å². The lowest BCUT2D eigenvalue weighted by Crippen LogP contribution is -2.17. The molecule has 2 heteroatoms. The summed E-state index contributed by atoms with van der Waals surface area (Å²) in [5.74, 6) is 0. The van der Waals surface area contributed by atoms with Crippen molar-refractivity contribution in [3.63, 3.8) is 0 Å². The van der Waals surface area contributed by atoms with Gasteiger partial charge in [-0.15, -0.1) is 0 Å². The van der Waals surface area contributed by atoms with E-state index in [-0.39, 0.29) is 0 Å². The Labute approximate surface area is 328 Å². The molecule has 56 heavy (non-hydrogen) atoms. The van der Waals surface area contributed by atoms with E-state index in [1.54, 1.807) is 0 Å². The standard InChI is InChI=1S/C54H40N2/c1-5-13-45-35-51(31-23-41(45)9-1)55(52-32-24-42-10-2-6-14-46(42)36-52)49-27-19-39(20-28-49)17-18-40-21-29-50(30-22-40)56(53-33-25-43-11-3-7-15-47(43)37-53)54-34-26-44-12-4-8-16-48(44)38-54/h1-21,23-29,31-38H,22,30H2. The van der Waals surface area contributed by atoms with E-state index >= 15 is 0 Å². The van der Waals surface area contributed by atoms with Crippen LogP contribution in [0.2, 0.25) is 0 Å². The van der Waals surface area contributed by atoms with Crippen LogP contribution in [0, 0.1) is 0 Å². The first kappa shape index (κ1) is 33.4. The minimum absolute atomic E-state index is 0.946. The van der Waals surface area contributed by atoms with Crippen LogP contribution in [0.4, 0.5) is 28.4 Å². The molecule has 9 aromatic carbocycles. The minimum atomic E-state index is 0.946. The Balaban J connectivity index is 0.948. The fourth-order valence-electron chi connectivity index (χ4n) is 8.10. The summed E-state index contributed by atoms with van der Waals surface area (Å²) in [6.07, 6.45) is 11.0. The third-order valence-electron chi connectivity index (χ3n) is 11.1. The molecule has 0 aromatic heterocycles. The zero-order chi connectivity index (χ0) is 37.3. The van der Waals surface area contributed by atoms with Gasteiger partial charge in [-0.2, -0.15) is 0 Å². The second kappa shape index (κ2) is 14.6. The van der Waals surface area contributed by atoms with Crippen LogP contribution in [0.25, 0.3) is 49.2 Å². The lowest BCUT2D eigenvalue weighted by Gasteiger charge is -2.30. The Kier molecular flexibility index (Phi) is 8.70. The van der Waals surface area contributed by atoms with Gasteiger partial charge in [0, 0.05) is 34.1 Å². The van der Waals surface area contributed by atoms with E-state index in [9.17, 15) is 0 Å². The van der Waals surface area contributed by atoms with Gasteiger partial charge in [0.05, 0.1) is 0 Å². The van der Waals surface area contributed by atoms with E-state index in [1.165, 1.54) is 71.3 Å². The maximum Gasteiger partial charge on any atom is 0.0468 e. The Morgan fingerprint density at radius 2 is 0.679 bits per heavy atom. The number of benzene rings is 9. The van der Waals surface area contributed by atoms with Crippen LogP contribution in [0.15, 0.2) is 224 Å². The number of anilines is 5. The molecular weight excluding hydrogens is 677 g/mol. The normalized spacial score (nSPS) is 13.0. The Hall–Kier alpha value is -7.16. The highest BCUT2D eigenvalue weighted by Crippen LogP contribution is 2.39. The molecule has 0 N–H and O–H groups in total. The number of hydrogen-bond donors (Lipinski definition) is 0. The van der Waals surface area contributed by atoms with Crippen molar-refractivity contribution in [1.82, 2.24) is 0 Å². The van der Waals surface area contributed by atoms with Crippen LogP contribution < -0.4 is 9.80 Å². The molecule has 1 aliphatic carbocycles. The molecule has 0 amide bonds. The summed E-state index contributed by atoms with van der Waals surface area (Å²) in [5.41, 5.74) is 9.55. The summed E-state index contributed by atoms with van der Waals surface area (Å²) in [5, 5.41) is 9.93. The summed E-state index contributed by atoms with van der Waals surface area (Å²) in [4.78, 5) is 4.80. The molecule has 0 heterocycles. The van der Waals surface area contributed by atoms with Gasteiger partial charge < -0.3 is 9.80 Å². The molecule has 0 saturated carbocycles. The van der Waals surface area contributed by atoms with Crippen molar-refractivity contribution in [2.45, 2.75) is 12.8 Å². The van der Waals surface area contributed by atoms with Gasteiger partial charge in [-0.25, -0.2) is 0 Å². The summed E-state index contributed by atoms with van der Waals surface area (Å²) in [6, 6.07) is 70.4. The Morgan fingerprint density at radius 3 is 1.07 bits per heavy atom. The predicted octanol–water partition coefficient (Wildman–Crippen LogP) is 15.2. The summed E-state index contributed by atoms with van der Waals surface area (Å²) in [7, 11) is 0. The monoisotopic (exact) mass is 716 g/mol. The second-order valence-electron chi connectivity index (χ2n) is 14.6. The van der Waals surface area contributed by atoms with Crippen LogP contribution in [0.3, 0.4) is 0 Å². The van der Waals surface area contributed by atoms with Gasteiger partial charge in [-0.05, 0) is 134 Å². The van der Waals surface area contributed by atoms with Crippen molar-refractivity contribution in [3.05, 3.63) is 229 Å². The Bertz CT molecular complexity index is 2830. The lowest BCUT2D eigenvalue weighted by molar-refractivity contribution is 0.893. The smallest absolute Gasteiger partial charge is 0.0468 e. The van der Waals surface area contributed by atoms with Gasteiger partial charge in [0.15, 0.2) is 0 Å². The molecule has 0 unspecified atom stereocenters. The molecule has 0 aliphatic heterocycles. The molecular formula is C54H40N2. The lowest BCUT2D eigenvalue weighted by atomic mass is 9.99. The van der Waals surface area contributed by atoms with Crippen LogP contribution in [0.5, 0.6) is 0 Å². The largest absolute Gasteiger partial charge is 0.314 e. The molecule has 0 bridgehead atoms. The third kappa shape index (κ3) is 6.63. The van der Waals surface area contributed by atoms with Gasteiger partial charge in [0.2, 0.25) is 0 Å². The molecule has 0 saturated heterocycles. The fraction of sp³-hybridized carbons (Fsp3) is 0.0370. The molecule has 10 rings (SSSR count). The number of hydrogen-bond acceptors (Lipinski definition) is 2. The molecule has 0 atom stereocenters. The average Bonchev–Trinajstić information content (AvgIpc) is 3.26. The van der Waals surface area contributed by atoms with Crippen molar-refractivity contribution >= 4 is 77.6 Å². The van der Waals surface area contributed by atoms with Crippen LogP contribution in [-0.2, 0) is 0 Å². The summed E-state index contributed by atoms with van der Waals surface area (Å²) < 4.78 is 0. The molecule has 1 aliphatic rings. The first-order valence-corrected chi connectivity index (χ1v) is 19.5. The summed E-state index contributed by atoms with van der Waals surface area (Å²) >= 11 is 0. The maximum atomic E-state index is 2.44. The molecule has 9 aromatic rings. The number of allylic oxidation sites excluding steroid dienone is 5. The zero-order valence-electron chi connectivity index (χ0n) is 31.1. The molecule has 0 radical (unpaired) electrons. The van der Waals surface area contributed by atoms with E-state index in [2.05, 4.69) is 228 Å². The van der Waals surface area contributed by atoms with Crippen LogP contribution in [0.1, 0.15) is 18.4 Å². The number of fused-ring (bicyclic) bond motifs is 4. The van der Waals surface area contributed by atoms with E-state index in [1.807, 2.05) is 0 Å². The molecule has 0 spiro atoms. The predicted molar refractivity (Wildman–Crippen MR) is 241 cm³/mol. The quantitative estimate of drug-likeness (QED) is 0.154. The van der Waals surface area contributed by atoms with Crippen LogP contribution in [-0.4, -0.2) is 0 Å². The van der Waals surface area contributed by atoms with E-state index in [0.717, 1.165) is 29.9 Å². The minimum Gasteiger partial charge on any atom is -0.314 e.